The summed E-state index contributed by atoms with van der Waals surface area (Å²) in [7, 11) is 0. The number of amides is 1. The van der Waals surface area contributed by atoms with E-state index in [1.54, 1.807) is 6.07 Å². The third kappa shape index (κ3) is 5.40. The number of hydrogen-bond donors (Lipinski definition) is 1. The zero-order chi connectivity index (χ0) is 15.8. The van der Waals surface area contributed by atoms with Crippen molar-refractivity contribution in [2.75, 3.05) is 6.54 Å². The molecule has 0 atom stereocenters. The van der Waals surface area contributed by atoms with Crippen molar-refractivity contribution in [3.05, 3.63) is 71.6 Å². The molecule has 4 heteroatoms. The Morgan fingerprint density at radius 2 is 2.00 bits per heavy atom. The van der Waals surface area contributed by atoms with Gasteiger partial charge in [-0.3, -0.25) is 4.79 Å². The maximum atomic E-state index is 13.1. The zero-order valence-corrected chi connectivity index (χ0v) is 12.4. The van der Waals surface area contributed by atoms with E-state index in [4.69, 9.17) is 4.74 Å². The smallest absolute Gasteiger partial charge is 0.217 e. The Balaban J connectivity index is 1.85. The highest BCUT2D eigenvalue weighted by molar-refractivity contribution is 5.73. The van der Waals surface area contributed by atoms with Gasteiger partial charge < -0.3 is 10.1 Å². The van der Waals surface area contributed by atoms with E-state index < -0.39 is 0 Å². The molecule has 0 aliphatic rings. The van der Waals surface area contributed by atoms with Crippen LogP contribution in [0.5, 0.6) is 5.75 Å². The Morgan fingerprint density at radius 1 is 1.23 bits per heavy atom. The summed E-state index contributed by atoms with van der Waals surface area (Å²) < 4.78 is 18.7. The van der Waals surface area contributed by atoms with Gasteiger partial charge >= 0.3 is 0 Å². The van der Waals surface area contributed by atoms with Gasteiger partial charge in [0.05, 0.1) is 0 Å². The van der Waals surface area contributed by atoms with Crippen LogP contribution in [0.1, 0.15) is 18.1 Å². The second-order valence-corrected chi connectivity index (χ2v) is 4.83. The lowest BCUT2D eigenvalue weighted by molar-refractivity contribution is -0.118. The maximum Gasteiger partial charge on any atom is 0.217 e. The van der Waals surface area contributed by atoms with E-state index in [1.807, 2.05) is 42.5 Å². The fourth-order valence-electron chi connectivity index (χ4n) is 1.87. The third-order valence-electron chi connectivity index (χ3n) is 2.95. The van der Waals surface area contributed by atoms with Gasteiger partial charge in [-0.15, -0.1) is 0 Å². The molecule has 0 spiro atoms. The molecule has 0 fully saturated rings. The molecular weight excluding hydrogens is 281 g/mol. The maximum absolute atomic E-state index is 13.1. The van der Waals surface area contributed by atoms with Gasteiger partial charge in [0, 0.05) is 13.5 Å². The summed E-state index contributed by atoms with van der Waals surface area (Å²) >= 11 is 0. The van der Waals surface area contributed by atoms with Gasteiger partial charge in [0.15, 0.2) is 0 Å². The van der Waals surface area contributed by atoms with E-state index in [0.29, 0.717) is 13.2 Å². The van der Waals surface area contributed by atoms with E-state index in [1.165, 1.54) is 19.1 Å². The number of hydrogen-bond acceptors (Lipinski definition) is 2. The molecule has 2 aromatic rings. The first-order valence-corrected chi connectivity index (χ1v) is 7.02. The second-order valence-electron chi connectivity index (χ2n) is 4.83. The van der Waals surface area contributed by atoms with Crippen LogP contribution in [0.15, 0.2) is 54.6 Å². The van der Waals surface area contributed by atoms with Gasteiger partial charge in [-0.2, -0.15) is 0 Å². The standard InChI is InChI=1S/C18H18FNO2/c1-14(21)20-11-3-5-15-7-9-18(10-8-15)22-13-16-4-2-6-17(19)12-16/h2-10,12H,11,13H2,1H3,(H,20,21). The molecule has 0 saturated heterocycles. The van der Waals surface area contributed by atoms with Crippen molar-refractivity contribution >= 4 is 12.0 Å². The first-order valence-electron chi connectivity index (χ1n) is 7.02. The van der Waals surface area contributed by atoms with E-state index in [2.05, 4.69) is 5.32 Å². The number of ether oxygens (including phenoxy) is 1. The number of benzene rings is 2. The largest absolute Gasteiger partial charge is 0.489 e. The Kier molecular flexibility index (Phi) is 5.72. The molecule has 3 nitrogen and oxygen atoms in total. The van der Waals surface area contributed by atoms with Crippen molar-refractivity contribution in [3.63, 3.8) is 0 Å². The van der Waals surface area contributed by atoms with Crippen LogP contribution in [0.4, 0.5) is 4.39 Å². The highest BCUT2D eigenvalue weighted by Gasteiger charge is 1.98. The van der Waals surface area contributed by atoms with Crippen LogP contribution in [0.3, 0.4) is 0 Å². The molecule has 0 aromatic heterocycles. The Labute approximate surface area is 129 Å². The van der Waals surface area contributed by atoms with E-state index in [-0.39, 0.29) is 11.7 Å². The Morgan fingerprint density at radius 3 is 2.68 bits per heavy atom. The number of rotatable bonds is 6. The Bertz CT molecular complexity index is 650. The lowest BCUT2D eigenvalue weighted by Crippen LogP contribution is -2.19. The summed E-state index contributed by atoms with van der Waals surface area (Å²) in [6.07, 6.45) is 3.80. The summed E-state index contributed by atoms with van der Waals surface area (Å²) in [5, 5.41) is 2.69. The lowest BCUT2D eigenvalue weighted by atomic mass is 10.2. The summed E-state index contributed by atoms with van der Waals surface area (Å²) in [6.45, 7) is 2.32. The summed E-state index contributed by atoms with van der Waals surface area (Å²) in [5.74, 6) is 0.412. The highest BCUT2D eigenvalue weighted by Crippen LogP contribution is 2.15. The normalized spacial score (nSPS) is 10.6. The molecule has 0 unspecified atom stereocenters. The van der Waals surface area contributed by atoms with E-state index in [9.17, 15) is 9.18 Å². The van der Waals surface area contributed by atoms with Gasteiger partial charge in [-0.05, 0) is 35.4 Å². The SMILES string of the molecule is CC(=O)NCC=Cc1ccc(OCc2cccc(F)c2)cc1. The molecule has 114 valence electrons. The zero-order valence-electron chi connectivity index (χ0n) is 12.4. The monoisotopic (exact) mass is 299 g/mol. The highest BCUT2D eigenvalue weighted by atomic mass is 19.1. The van der Waals surface area contributed by atoms with Gasteiger partial charge in [-0.25, -0.2) is 4.39 Å². The summed E-state index contributed by atoms with van der Waals surface area (Å²) in [4.78, 5) is 10.7. The second kappa shape index (κ2) is 7.98. The minimum absolute atomic E-state index is 0.0502. The molecule has 0 aliphatic heterocycles. The average molecular weight is 299 g/mol. The fraction of sp³-hybridized carbons (Fsp3) is 0.167. The van der Waals surface area contributed by atoms with Crippen LogP contribution in [-0.4, -0.2) is 12.5 Å². The minimum atomic E-state index is -0.263. The van der Waals surface area contributed by atoms with Gasteiger partial charge in [0.25, 0.3) is 0 Å². The van der Waals surface area contributed by atoms with Crippen molar-refractivity contribution in [2.45, 2.75) is 13.5 Å². The minimum Gasteiger partial charge on any atom is -0.489 e. The van der Waals surface area contributed by atoms with Gasteiger partial charge in [0.1, 0.15) is 18.2 Å². The molecule has 2 rings (SSSR count). The van der Waals surface area contributed by atoms with Crippen molar-refractivity contribution in [3.8, 4) is 5.75 Å². The molecule has 1 N–H and O–H groups in total. The first kappa shape index (κ1) is 15.8. The van der Waals surface area contributed by atoms with Gasteiger partial charge in [0.2, 0.25) is 5.91 Å². The van der Waals surface area contributed by atoms with Crippen LogP contribution in [-0.2, 0) is 11.4 Å². The molecule has 0 aliphatic carbocycles. The van der Waals surface area contributed by atoms with E-state index >= 15 is 0 Å². The van der Waals surface area contributed by atoms with Crippen LogP contribution in [0, 0.1) is 5.82 Å². The number of nitrogens with one attached hydrogen (secondary N) is 1. The van der Waals surface area contributed by atoms with Crippen LogP contribution < -0.4 is 10.1 Å². The number of carbonyl (C=O) groups is 1. The Hall–Kier alpha value is -2.62. The summed E-state index contributed by atoms with van der Waals surface area (Å²) in [6, 6.07) is 13.9. The molecule has 0 radical (unpaired) electrons. The van der Waals surface area contributed by atoms with Crippen LogP contribution >= 0.6 is 0 Å². The third-order valence-corrected chi connectivity index (χ3v) is 2.95. The average Bonchev–Trinajstić information content (AvgIpc) is 2.51. The molecule has 0 bridgehead atoms. The van der Waals surface area contributed by atoms with Crippen molar-refractivity contribution in [1.29, 1.82) is 0 Å². The van der Waals surface area contributed by atoms with Gasteiger partial charge in [-0.1, -0.05) is 36.4 Å². The number of carbonyl (C=O) groups excluding carboxylic acids is 1. The molecule has 0 saturated carbocycles. The molecule has 0 heterocycles. The predicted molar refractivity (Wildman–Crippen MR) is 84.9 cm³/mol. The molecule has 1 amide bonds. The summed E-state index contributed by atoms with van der Waals surface area (Å²) in [5.41, 5.74) is 1.81. The number of halogens is 1. The van der Waals surface area contributed by atoms with E-state index in [0.717, 1.165) is 16.9 Å². The first-order chi connectivity index (χ1) is 10.6. The van der Waals surface area contributed by atoms with Crippen molar-refractivity contribution < 1.29 is 13.9 Å². The quantitative estimate of drug-likeness (QED) is 0.886. The fourth-order valence-corrected chi connectivity index (χ4v) is 1.87. The molecule has 22 heavy (non-hydrogen) atoms. The molecular formula is C18H18FNO2. The van der Waals surface area contributed by atoms with Crippen molar-refractivity contribution in [1.82, 2.24) is 5.32 Å². The van der Waals surface area contributed by atoms with Crippen molar-refractivity contribution in [2.24, 2.45) is 0 Å². The lowest BCUT2D eigenvalue weighted by Gasteiger charge is -2.06. The topological polar surface area (TPSA) is 38.3 Å². The van der Waals surface area contributed by atoms with Crippen LogP contribution in [0.25, 0.3) is 6.08 Å². The molecule has 2 aromatic carbocycles. The predicted octanol–water partition coefficient (Wildman–Crippen LogP) is 3.55. The van der Waals surface area contributed by atoms with Crippen LogP contribution in [0.2, 0.25) is 0 Å².